The van der Waals surface area contributed by atoms with Crippen LogP contribution in [0.25, 0.3) is 0 Å². The molecule has 5 nitrogen and oxygen atoms in total. The van der Waals surface area contributed by atoms with Gasteiger partial charge in [0.25, 0.3) is 5.91 Å². The smallest absolute Gasteiger partial charge is 0.254 e. The Morgan fingerprint density at radius 3 is 2.68 bits per heavy atom. The van der Waals surface area contributed by atoms with Crippen molar-refractivity contribution in [1.29, 1.82) is 0 Å². The highest BCUT2D eigenvalue weighted by Gasteiger charge is 2.21. The van der Waals surface area contributed by atoms with Gasteiger partial charge in [0.1, 0.15) is 0 Å². The van der Waals surface area contributed by atoms with Crippen LogP contribution in [0.15, 0.2) is 27.8 Å². The molecule has 0 unspecified atom stereocenters. The fourth-order valence-corrected chi connectivity index (χ4v) is 2.06. The molecule has 0 heterocycles. The van der Waals surface area contributed by atoms with Crippen molar-refractivity contribution >= 4 is 27.7 Å². The van der Waals surface area contributed by atoms with Gasteiger partial charge in [0.2, 0.25) is 0 Å². The molecule has 0 aliphatic heterocycles. The maximum absolute atomic E-state index is 12.5. The summed E-state index contributed by atoms with van der Waals surface area (Å²) in [6.07, 6.45) is 0. The Labute approximate surface area is 121 Å². The lowest BCUT2D eigenvalue weighted by molar-refractivity contribution is 0.0733. The first kappa shape index (κ1) is 15.5. The number of oxime groups is 1. The van der Waals surface area contributed by atoms with Gasteiger partial charge in [-0.1, -0.05) is 27.2 Å². The van der Waals surface area contributed by atoms with E-state index in [1.807, 2.05) is 32.9 Å². The van der Waals surface area contributed by atoms with Gasteiger partial charge in [0.15, 0.2) is 5.84 Å². The number of carbonyl (C=O) groups excluding carboxylic acids is 1. The topological polar surface area (TPSA) is 78.9 Å². The van der Waals surface area contributed by atoms with Crippen LogP contribution in [0.3, 0.4) is 0 Å². The number of rotatable bonds is 4. The zero-order chi connectivity index (χ0) is 14.6. The molecule has 1 aromatic carbocycles. The largest absolute Gasteiger partial charge is 0.409 e. The second-order valence-corrected chi connectivity index (χ2v) is 5.38. The molecule has 0 fully saturated rings. The van der Waals surface area contributed by atoms with Crippen molar-refractivity contribution in [2.45, 2.75) is 26.8 Å². The minimum atomic E-state index is -0.139. The predicted molar refractivity (Wildman–Crippen MR) is 78.5 cm³/mol. The summed E-state index contributed by atoms with van der Waals surface area (Å²) in [5.41, 5.74) is 6.97. The third-order valence-electron chi connectivity index (χ3n) is 2.84. The van der Waals surface area contributed by atoms with Crippen molar-refractivity contribution < 1.29 is 10.0 Å². The van der Waals surface area contributed by atoms with Gasteiger partial charge in [0, 0.05) is 16.1 Å². The van der Waals surface area contributed by atoms with E-state index in [4.69, 9.17) is 10.9 Å². The lowest BCUT2D eigenvalue weighted by Gasteiger charge is -2.27. The molecule has 0 aromatic heterocycles. The van der Waals surface area contributed by atoms with Crippen LogP contribution < -0.4 is 5.73 Å². The number of carbonyl (C=O) groups is 1. The minimum absolute atomic E-state index is 0.00898. The van der Waals surface area contributed by atoms with Crippen LogP contribution in [0.5, 0.6) is 0 Å². The van der Waals surface area contributed by atoms with E-state index in [1.165, 1.54) is 0 Å². The predicted octanol–water partition coefficient (Wildman–Crippen LogP) is 2.35. The number of amides is 1. The zero-order valence-electron chi connectivity index (χ0n) is 11.2. The van der Waals surface area contributed by atoms with E-state index in [2.05, 4.69) is 21.1 Å². The van der Waals surface area contributed by atoms with E-state index in [-0.39, 0.29) is 24.3 Å². The Morgan fingerprint density at radius 1 is 1.53 bits per heavy atom. The van der Waals surface area contributed by atoms with Crippen molar-refractivity contribution in [2.75, 3.05) is 6.54 Å². The number of halogens is 1. The summed E-state index contributed by atoms with van der Waals surface area (Å²) in [4.78, 5) is 14.1. The maximum Gasteiger partial charge on any atom is 0.254 e. The number of nitrogens with zero attached hydrogens (tertiary/aromatic N) is 2. The Morgan fingerprint density at radius 2 is 2.16 bits per heavy atom. The van der Waals surface area contributed by atoms with Crippen LogP contribution in [0, 0.1) is 6.92 Å². The van der Waals surface area contributed by atoms with Crippen molar-refractivity contribution in [2.24, 2.45) is 10.9 Å². The van der Waals surface area contributed by atoms with Gasteiger partial charge in [0.05, 0.1) is 6.54 Å². The first-order valence-electron chi connectivity index (χ1n) is 5.91. The summed E-state index contributed by atoms with van der Waals surface area (Å²) in [6, 6.07) is 5.41. The van der Waals surface area contributed by atoms with E-state index in [0.717, 1.165) is 10.0 Å². The van der Waals surface area contributed by atoms with Crippen LogP contribution in [-0.2, 0) is 0 Å². The average Bonchev–Trinajstić information content (AvgIpc) is 2.37. The molecule has 0 aliphatic carbocycles. The number of hydrogen-bond acceptors (Lipinski definition) is 3. The summed E-state index contributed by atoms with van der Waals surface area (Å²) in [5.74, 6) is -0.130. The molecular formula is C13H18BrN3O2. The molecule has 19 heavy (non-hydrogen) atoms. The molecule has 1 rings (SSSR count). The van der Waals surface area contributed by atoms with Crippen LogP contribution >= 0.6 is 15.9 Å². The maximum atomic E-state index is 12.5. The second kappa shape index (κ2) is 6.56. The summed E-state index contributed by atoms with van der Waals surface area (Å²) in [6.45, 7) is 5.74. The summed E-state index contributed by atoms with van der Waals surface area (Å²) < 4.78 is 0.880. The monoisotopic (exact) mass is 327 g/mol. The zero-order valence-corrected chi connectivity index (χ0v) is 12.8. The van der Waals surface area contributed by atoms with E-state index < -0.39 is 0 Å². The fourth-order valence-electron chi connectivity index (χ4n) is 1.69. The SMILES string of the molecule is Cc1c(Br)cccc1C(=O)N(CC(N)=NO)C(C)C. The molecule has 1 aromatic rings. The van der Waals surface area contributed by atoms with E-state index in [0.29, 0.717) is 5.56 Å². The third-order valence-corrected chi connectivity index (χ3v) is 3.70. The molecule has 0 bridgehead atoms. The Balaban J connectivity index is 3.10. The molecule has 0 aliphatic rings. The average molecular weight is 328 g/mol. The third kappa shape index (κ3) is 3.70. The fraction of sp³-hybridized carbons (Fsp3) is 0.385. The number of hydrogen-bond donors (Lipinski definition) is 2. The molecule has 6 heteroatoms. The van der Waals surface area contributed by atoms with E-state index >= 15 is 0 Å². The Hall–Kier alpha value is -1.56. The van der Waals surface area contributed by atoms with Crippen LogP contribution in [0.2, 0.25) is 0 Å². The van der Waals surface area contributed by atoms with Gasteiger partial charge < -0.3 is 15.8 Å². The van der Waals surface area contributed by atoms with Gasteiger partial charge in [-0.15, -0.1) is 0 Å². The molecule has 3 N–H and O–H groups in total. The first-order chi connectivity index (χ1) is 8.88. The highest BCUT2D eigenvalue weighted by molar-refractivity contribution is 9.10. The summed E-state index contributed by atoms with van der Waals surface area (Å²) in [5, 5.41) is 11.6. The Bertz CT molecular complexity index is 501. The Kier molecular flexibility index (Phi) is 5.35. The molecule has 0 saturated heterocycles. The molecule has 0 atom stereocenters. The van der Waals surface area contributed by atoms with Crippen LogP contribution in [0.1, 0.15) is 29.8 Å². The van der Waals surface area contributed by atoms with E-state index in [9.17, 15) is 4.79 Å². The number of amidine groups is 1. The minimum Gasteiger partial charge on any atom is -0.409 e. The highest BCUT2D eigenvalue weighted by Crippen LogP contribution is 2.21. The molecule has 0 saturated carbocycles. The van der Waals surface area contributed by atoms with Gasteiger partial charge in [-0.05, 0) is 38.5 Å². The van der Waals surface area contributed by atoms with Gasteiger partial charge in [-0.2, -0.15) is 0 Å². The van der Waals surface area contributed by atoms with Gasteiger partial charge >= 0.3 is 0 Å². The summed E-state index contributed by atoms with van der Waals surface area (Å²) >= 11 is 3.41. The lowest BCUT2D eigenvalue weighted by atomic mass is 10.1. The molecule has 1 amide bonds. The summed E-state index contributed by atoms with van der Waals surface area (Å²) in [7, 11) is 0. The molecular weight excluding hydrogens is 310 g/mol. The first-order valence-corrected chi connectivity index (χ1v) is 6.70. The van der Waals surface area contributed by atoms with Crippen molar-refractivity contribution in [3.8, 4) is 0 Å². The number of benzene rings is 1. The van der Waals surface area contributed by atoms with E-state index in [1.54, 1.807) is 11.0 Å². The van der Waals surface area contributed by atoms with Gasteiger partial charge in [-0.3, -0.25) is 4.79 Å². The van der Waals surface area contributed by atoms with Crippen LogP contribution in [0.4, 0.5) is 0 Å². The normalized spacial score (nSPS) is 11.7. The standard InChI is InChI=1S/C13H18BrN3O2/c1-8(2)17(7-12(15)16-19)13(18)10-5-4-6-11(14)9(10)3/h4-6,8,19H,7H2,1-3H3,(H2,15,16). The second-order valence-electron chi connectivity index (χ2n) is 4.53. The molecule has 0 spiro atoms. The highest BCUT2D eigenvalue weighted by atomic mass is 79.9. The quantitative estimate of drug-likeness (QED) is 0.385. The number of nitrogens with two attached hydrogens (primary N) is 1. The van der Waals surface area contributed by atoms with Crippen molar-refractivity contribution in [3.63, 3.8) is 0 Å². The molecule has 0 radical (unpaired) electrons. The van der Waals surface area contributed by atoms with Crippen molar-refractivity contribution in [3.05, 3.63) is 33.8 Å². The van der Waals surface area contributed by atoms with Gasteiger partial charge in [-0.25, -0.2) is 0 Å². The van der Waals surface area contributed by atoms with Crippen molar-refractivity contribution in [1.82, 2.24) is 4.90 Å². The lowest BCUT2D eigenvalue weighted by Crippen LogP contribution is -2.43. The molecule has 104 valence electrons. The van der Waals surface area contributed by atoms with Crippen LogP contribution in [-0.4, -0.2) is 34.4 Å².